The van der Waals surface area contributed by atoms with Crippen LogP contribution in [0.3, 0.4) is 0 Å². The number of fused-ring (bicyclic) bond motifs is 1. The van der Waals surface area contributed by atoms with Gasteiger partial charge < -0.3 is 4.74 Å². The predicted octanol–water partition coefficient (Wildman–Crippen LogP) is 6.25. The van der Waals surface area contributed by atoms with Crippen molar-refractivity contribution in [1.82, 2.24) is 4.98 Å². The number of rotatable bonds is 7. The van der Waals surface area contributed by atoms with Gasteiger partial charge in [0.1, 0.15) is 11.3 Å². The number of anilines is 1. The molecular formula is C25H24N2O2S2. The average molecular weight is 449 g/mol. The number of hydrogen-bond acceptors (Lipinski definition) is 5. The Labute approximate surface area is 190 Å². The molecule has 1 amide bonds. The molecule has 4 aromatic rings. The Hall–Kier alpha value is -2.83. The highest BCUT2D eigenvalue weighted by atomic mass is 32.2. The lowest BCUT2D eigenvalue weighted by atomic mass is 10.2. The number of amides is 1. The zero-order valence-corrected chi connectivity index (χ0v) is 19.4. The van der Waals surface area contributed by atoms with E-state index in [2.05, 4.69) is 38.1 Å². The van der Waals surface area contributed by atoms with Crippen molar-refractivity contribution < 1.29 is 9.53 Å². The standard InChI is InChI=1S/C25H24N2O2S2/c1-17-9-12-20(13-10-17)30-16-22(28)27(15-19-7-5-4-6-8-19)25-26-23-21(29-3)14-11-18(2)24(23)31-25/h4-14H,15-16H2,1-3H3. The van der Waals surface area contributed by atoms with Gasteiger partial charge in [-0.2, -0.15) is 0 Å². The quantitative estimate of drug-likeness (QED) is 0.314. The van der Waals surface area contributed by atoms with E-state index < -0.39 is 0 Å². The first-order valence-corrected chi connectivity index (χ1v) is 11.8. The third kappa shape index (κ3) is 4.92. The highest BCUT2D eigenvalue weighted by Gasteiger charge is 2.22. The van der Waals surface area contributed by atoms with E-state index in [1.807, 2.05) is 42.5 Å². The number of hydrogen-bond donors (Lipinski definition) is 0. The molecule has 0 saturated heterocycles. The maximum Gasteiger partial charge on any atom is 0.239 e. The fourth-order valence-corrected chi connectivity index (χ4v) is 5.11. The van der Waals surface area contributed by atoms with Gasteiger partial charge in [-0.05, 0) is 43.2 Å². The Kier molecular flexibility index (Phi) is 6.59. The maximum absolute atomic E-state index is 13.3. The summed E-state index contributed by atoms with van der Waals surface area (Å²) in [5, 5.41) is 0.695. The van der Waals surface area contributed by atoms with Crippen molar-refractivity contribution in [3.05, 3.63) is 83.4 Å². The number of ether oxygens (including phenoxy) is 1. The molecule has 0 atom stereocenters. The van der Waals surface area contributed by atoms with Crippen LogP contribution in [0.25, 0.3) is 10.2 Å². The summed E-state index contributed by atoms with van der Waals surface area (Å²) >= 11 is 3.09. The van der Waals surface area contributed by atoms with Gasteiger partial charge in [-0.1, -0.05) is 65.4 Å². The number of thioether (sulfide) groups is 1. The van der Waals surface area contributed by atoms with E-state index in [0.29, 0.717) is 17.4 Å². The Morgan fingerprint density at radius 3 is 2.48 bits per heavy atom. The zero-order chi connectivity index (χ0) is 21.8. The number of nitrogens with zero attached hydrogens (tertiary/aromatic N) is 2. The van der Waals surface area contributed by atoms with Crippen LogP contribution in [-0.2, 0) is 11.3 Å². The average Bonchev–Trinajstić information content (AvgIpc) is 3.24. The maximum atomic E-state index is 13.3. The van der Waals surface area contributed by atoms with Crippen LogP contribution in [0.1, 0.15) is 16.7 Å². The normalized spacial score (nSPS) is 10.9. The first-order valence-electron chi connectivity index (χ1n) is 10.0. The van der Waals surface area contributed by atoms with E-state index in [9.17, 15) is 4.79 Å². The summed E-state index contributed by atoms with van der Waals surface area (Å²) in [5.74, 6) is 1.11. The van der Waals surface area contributed by atoms with Gasteiger partial charge in [0.25, 0.3) is 0 Å². The molecule has 6 heteroatoms. The summed E-state index contributed by atoms with van der Waals surface area (Å²) < 4.78 is 6.55. The fourth-order valence-electron chi connectivity index (χ4n) is 3.26. The number of aromatic nitrogens is 1. The van der Waals surface area contributed by atoms with Crippen molar-refractivity contribution in [1.29, 1.82) is 0 Å². The molecule has 31 heavy (non-hydrogen) atoms. The van der Waals surface area contributed by atoms with Crippen LogP contribution in [0.4, 0.5) is 5.13 Å². The summed E-state index contributed by atoms with van der Waals surface area (Å²) in [6.45, 7) is 4.60. The molecule has 1 aromatic heterocycles. The minimum atomic E-state index is 0.0325. The second kappa shape index (κ2) is 9.54. The first kappa shape index (κ1) is 21.4. The highest BCUT2D eigenvalue weighted by Crippen LogP contribution is 2.37. The molecule has 0 unspecified atom stereocenters. The molecule has 4 rings (SSSR count). The number of methoxy groups -OCH3 is 1. The molecule has 0 fully saturated rings. The van der Waals surface area contributed by atoms with Crippen molar-refractivity contribution in [2.24, 2.45) is 0 Å². The predicted molar refractivity (Wildman–Crippen MR) is 130 cm³/mol. The third-order valence-electron chi connectivity index (χ3n) is 5.01. The molecule has 0 spiro atoms. The smallest absolute Gasteiger partial charge is 0.239 e. The van der Waals surface area contributed by atoms with E-state index >= 15 is 0 Å². The minimum Gasteiger partial charge on any atom is -0.494 e. The lowest BCUT2D eigenvalue weighted by Crippen LogP contribution is -2.31. The van der Waals surface area contributed by atoms with E-state index in [0.717, 1.165) is 32.0 Å². The van der Waals surface area contributed by atoms with Crippen molar-refractivity contribution >= 4 is 44.4 Å². The Balaban J connectivity index is 1.65. The van der Waals surface area contributed by atoms with Crippen LogP contribution in [0.2, 0.25) is 0 Å². The molecule has 0 aliphatic carbocycles. The van der Waals surface area contributed by atoms with Crippen LogP contribution in [-0.4, -0.2) is 23.8 Å². The third-order valence-corrected chi connectivity index (χ3v) is 7.22. The summed E-state index contributed by atoms with van der Waals surface area (Å²) in [7, 11) is 1.65. The Bertz CT molecular complexity index is 1190. The molecular weight excluding hydrogens is 424 g/mol. The number of carbonyl (C=O) groups is 1. The van der Waals surface area contributed by atoms with Gasteiger partial charge in [0.2, 0.25) is 5.91 Å². The summed E-state index contributed by atoms with van der Waals surface area (Å²) in [4.78, 5) is 21.0. The monoisotopic (exact) mass is 448 g/mol. The Morgan fingerprint density at radius 2 is 1.77 bits per heavy atom. The molecule has 1 heterocycles. The van der Waals surface area contributed by atoms with Crippen molar-refractivity contribution in [3.63, 3.8) is 0 Å². The van der Waals surface area contributed by atoms with Gasteiger partial charge >= 0.3 is 0 Å². The van der Waals surface area contributed by atoms with Gasteiger partial charge in [0.15, 0.2) is 5.13 Å². The van der Waals surface area contributed by atoms with E-state index in [1.54, 1.807) is 23.8 Å². The molecule has 3 aromatic carbocycles. The minimum absolute atomic E-state index is 0.0325. The molecule has 0 radical (unpaired) electrons. The molecule has 0 aliphatic rings. The van der Waals surface area contributed by atoms with Crippen LogP contribution in [0, 0.1) is 13.8 Å². The lowest BCUT2D eigenvalue weighted by molar-refractivity contribution is -0.116. The van der Waals surface area contributed by atoms with Crippen LogP contribution < -0.4 is 9.64 Å². The van der Waals surface area contributed by atoms with Gasteiger partial charge in [0, 0.05) is 4.90 Å². The van der Waals surface area contributed by atoms with E-state index in [-0.39, 0.29) is 5.91 Å². The summed E-state index contributed by atoms with van der Waals surface area (Å²) in [6.07, 6.45) is 0. The second-order valence-corrected chi connectivity index (χ2v) is 9.35. The fraction of sp³-hybridized carbons (Fsp3) is 0.200. The molecule has 0 aliphatic heterocycles. The molecule has 4 nitrogen and oxygen atoms in total. The number of aryl methyl sites for hydroxylation is 2. The lowest BCUT2D eigenvalue weighted by Gasteiger charge is -2.20. The molecule has 158 valence electrons. The number of benzene rings is 3. The van der Waals surface area contributed by atoms with Gasteiger partial charge in [-0.25, -0.2) is 4.98 Å². The number of thiazole rings is 1. The van der Waals surface area contributed by atoms with Crippen LogP contribution in [0.5, 0.6) is 5.75 Å². The summed E-state index contributed by atoms with van der Waals surface area (Å²) in [5.41, 5.74) is 4.21. The molecule has 0 N–H and O–H groups in total. The first-order chi connectivity index (χ1) is 15.0. The van der Waals surface area contributed by atoms with E-state index in [4.69, 9.17) is 9.72 Å². The topological polar surface area (TPSA) is 42.4 Å². The SMILES string of the molecule is COc1ccc(C)c2sc(N(Cc3ccccc3)C(=O)CSc3ccc(C)cc3)nc12. The van der Waals surface area contributed by atoms with Crippen molar-refractivity contribution in [3.8, 4) is 5.75 Å². The van der Waals surface area contributed by atoms with Crippen LogP contribution in [0.15, 0.2) is 71.6 Å². The summed E-state index contributed by atoms with van der Waals surface area (Å²) in [6, 6.07) is 22.2. The second-order valence-electron chi connectivity index (χ2n) is 7.33. The van der Waals surface area contributed by atoms with Gasteiger partial charge in [0.05, 0.1) is 24.1 Å². The highest BCUT2D eigenvalue weighted by molar-refractivity contribution is 8.00. The molecule has 0 bridgehead atoms. The van der Waals surface area contributed by atoms with Crippen molar-refractivity contribution in [2.45, 2.75) is 25.3 Å². The van der Waals surface area contributed by atoms with Crippen molar-refractivity contribution in [2.75, 3.05) is 17.8 Å². The van der Waals surface area contributed by atoms with E-state index in [1.165, 1.54) is 16.9 Å². The van der Waals surface area contributed by atoms with Crippen LogP contribution >= 0.6 is 23.1 Å². The largest absolute Gasteiger partial charge is 0.494 e. The zero-order valence-electron chi connectivity index (χ0n) is 17.8. The molecule has 0 saturated carbocycles. The van der Waals surface area contributed by atoms with Gasteiger partial charge in [-0.3, -0.25) is 9.69 Å². The Morgan fingerprint density at radius 1 is 1.03 bits per heavy atom. The number of carbonyl (C=O) groups excluding carboxylic acids is 1. The van der Waals surface area contributed by atoms with Gasteiger partial charge in [-0.15, -0.1) is 11.8 Å².